The molecule has 5 heteroatoms. The number of nitrogens with one attached hydrogen (secondary N) is 1. The third-order valence-corrected chi connectivity index (χ3v) is 4.33. The number of hydrogen-bond acceptors (Lipinski definition) is 4. The molecule has 3 rings (SSSR count). The van der Waals surface area contributed by atoms with Gasteiger partial charge < -0.3 is 14.8 Å². The summed E-state index contributed by atoms with van der Waals surface area (Å²) in [6.07, 6.45) is 0. The molecule has 0 spiro atoms. The van der Waals surface area contributed by atoms with E-state index in [2.05, 4.69) is 5.32 Å². The normalized spacial score (nSPS) is 10.2. The van der Waals surface area contributed by atoms with Crippen LogP contribution in [0.4, 0.5) is 5.69 Å². The first-order chi connectivity index (χ1) is 13.6. The van der Waals surface area contributed by atoms with E-state index in [4.69, 9.17) is 9.47 Å². The number of rotatable bonds is 6. The molecule has 0 atom stereocenters. The summed E-state index contributed by atoms with van der Waals surface area (Å²) in [5, 5.41) is 2.84. The fourth-order valence-corrected chi connectivity index (χ4v) is 2.76. The van der Waals surface area contributed by atoms with Crippen LogP contribution in [0.25, 0.3) is 0 Å². The minimum Gasteiger partial charge on any atom is -0.489 e. The molecule has 28 heavy (non-hydrogen) atoms. The van der Waals surface area contributed by atoms with Gasteiger partial charge in [-0.05, 0) is 48.4 Å². The van der Waals surface area contributed by atoms with Crippen molar-refractivity contribution >= 4 is 17.6 Å². The van der Waals surface area contributed by atoms with E-state index in [1.54, 1.807) is 43.3 Å². The van der Waals surface area contributed by atoms with Gasteiger partial charge in [0.2, 0.25) is 0 Å². The lowest BCUT2D eigenvalue weighted by Crippen LogP contribution is -2.14. The van der Waals surface area contributed by atoms with E-state index in [1.807, 2.05) is 36.4 Å². The number of ether oxygens (including phenoxy) is 2. The van der Waals surface area contributed by atoms with Crippen LogP contribution in [0, 0.1) is 6.92 Å². The molecule has 0 unspecified atom stereocenters. The van der Waals surface area contributed by atoms with E-state index in [-0.39, 0.29) is 5.91 Å². The highest BCUT2D eigenvalue weighted by Crippen LogP contribution is 2.22. The van der Waals surface area contributed by atoms with Gasteiger partial charge in [0, 0.05) is 11.3 Å². The highest BCUT2D eigenvalue weighted by atomic mass is 16.5. The lowest BCUT2D eigenvalue weighted by molar-refractivity contribution is 0.0599. The van der Waals surface area contributed by atoms with Crippen molar-refractivity contribution in [2.75, 3.05) is 12.4 Å². The minimum absolute atomic E-state index is 0.282. The fraction of sp³-hybridized carbons (Fsp3) is 0.130. The van der Waals surface area contributed by atoms with Crippen LogP contribution >= 0.6 is 0 Å². The largest absolute Gasteiger partial charge is 0.489 e. The van der Waals surface area contributed by atoms with E-state index in [9.17, 15) is 9.59 Å². The van der Waals surface area contributed by atoms with Gasteiger partial charge in [-0.15, -0.1) is 0 Å². The number of amides is 1. The van der Waals surface area contributed by atoms with Crippen molar-refractivity contribution < 1.29 is 19.1 Å². The molecule has 0 aliphatic rings. The second-order valence-corrected chi connectivity index (χ2v) is 6.23. The zero-order valence-electron chi connectivity index (χ0n) is 15.8. The molecule has 3 aromatic rings. The van der Waals surface area contributed by atoms with Crippen LogP contribution in [0.5, 0.6) is 5.75 Å². The van der Waals surface area contributed by atoms with Crippen molar-refractivity contribution in [2.24, 2.45) is 0 Å². The summed E-state index contributed by atoms with van der Waals surface area (Å²) < 4.78 is 10.6. The standard InChI is InChI=1S/C23H21NO4/c1-16-20(23(26)27-2)12-7-13-21(16)24-22(25)18-10-6-11-19(14-18)28-15-17-8-4-3-5-9-17/h3-14H,15H2,1-2H3,(H,24,25). The first kappa shape index (κ1) is 19.2. The molecular weight excluding hydrogens is 354 g/mol. The van der Waals surface area contributed by atoms with Crippen LogP contribution < -0.4 is 10.1 Å². The number of anilines is 1. The molecule has 0 saturated carbocycles. The second-order valence-electron chi connectivity index (χ2n) is 6.23. The predicted octanol–water partition coefficient (Wildman–Crippen LogP) is 4.61. The highest BCUT2D eigenvalue weighted by molar-refractivity contribution is 6.05. The summed E-state index contributed by atoms with van der Waals surface area (Å²) in [6, 6.07) is 21.9. The Morgan fingerprint density at radius 2 is 1.68 bits per heavy atom. The second kappa shape index (κ2) is 8.86. The zero-order chi connectivity index (χ0) is 19.9. The topological polar surface area (TPSA) is 64.6 Å². The lowest BCUT2D eigenvalue weighted by Gasteiger charge is -2.12. The zero-order valence-corrected chi connectivity index (χ0v) is 15.8. The van der Waals surface area contributed by atoms with Crippen molar-refractivity contribution in [3.63, 3.8) is 0 Å². The Labute approximate surface area is 163 Å². The number of methoxy groups -OCH3 is 1. The monoisotopic (exact) mass is 375 g/mol. The molecule has 0 bridgehead atoms. The average Bonchev–Trinajstić information content (AvgIpc) is 2.74. The molecule has 1 amide bonds. The molecule has 142 valence electrons. The maximum atomic E-state index is 12.7. The Morgan fingerprint density at radius 1 is 0.929 bits per heavy atom. The molecular formula is C23H21NO4. The van der Waals surface area contributed by atoms with Crippen LogP contribution in [0.1, 0.15) is 31.8 Å². The molecule has 1 N–H and O–H groups in total. The van der Waals surface area contributed by atoms with Crippen LogP contribution in [0.3, 0.4) is 0 Å². The quantitative estimate of drug-likeness (QED) is 0.639. The third-order valence-electron chi connectivity index (χ3n) is 4.33. The van der Waals surface area contributed by atoms with Crippen LogP contribution in [-0.4, -0.2) is 19.0 Å². The summed E-state index contributed by atoms with van der Waals surface area (Å²) in [7, 11) is 1.33. The number of carbonyl (C=O) groups excluding carboxylic acids is 2. The van der Waals surface area contributed by atoms with Gasteiger partial charge in [0.25, 0.3) is 5.91 Å². The molecule has 0 saturated heterocycles. The maximum absolute atomic E-state index is 12.7. The van der Waals surface area contributed by atoms with Crippen LogP contribution in [0.2, 0.25) is 0 Å². The summed E-state index contributed by atoms with van der Waals surface area (Å²) in [6.45, 7) is 2.19. The van der Waals surface area contributed by atoms with Gasteiger partial charge >= 0.3 is 5.97 Å². The van der Waals surface area contributed by atoms with E-state index in [1.165, 1.54) is 7.11 Å². The van der Waals surface area contributed by atoms with Crippen molar-refractivity contribution in [1.29, 1.82) is 0 Å². The molecule has 0 heterocycles. The molecule has 0 aliphatic carbocycles. The fourth-order valence-electron chi connectivity index (χ4n) is 2.76. The van der Waals surface area contributed by atoms with Crippen molar-refractivity contribution in [2.45, 2.75) is 13.5 Å². The number of hydrogen-bond donors (Lipinski definition) is 1. The summed E-state index contributed by atoms with van der Waals surface area (Å²) in [4.78, 5) is 24.5. The SMILES string of the molecule is COC(=O)c1cccc(NC(=O)c2cccc(OCc3ccccc3)c2)c1C. The Kier molecular flexibility index (Phi) is 6.07. The Balaban J connectivity index is 1.72. The van der Waals surface area contributed by atoms with Gasteiger partial charge in [0.05, 0.1) is 12.7 Å². The van der Waals surface area contributed by atoms with E-state index in [0.29, 0.717) is 34.7 Å². The van der Waals surface area contributed by atoms with E-state index < -0.39 is 5.97 Å². The molecule has 0 fully saturated rings. The van der Waals surface area contributed by atoms with Gasteiger partial charge in [0.15, 0.2) is 0 Å². The third kappa shape index (κ3) is 4.57. The average molecular weight is 375 g/mol. The number of carbonyl (C=O) groups is 2. The molecule has 3 aromatic carbocycles. The lowest BCUT2D eigenvalue weighted by atomic mass is 10.1. The Morgan fingerprint density at radius 3 is 2.43 bits per heavy atom. The number of benzene rings is 3. The highest BCUT2D eigenvalue weighted by Gasteiger charge is 2.14. The Hall–Kier alpha value is -3.60. The molecule has 5 nitrogen and oxygen atoms in total. The maximum Gasteiger partial charge on any atom is 0.338 e. The minimum atomic E-state index is -0.440. The predicted molar refractivity (Wildman–Crippen MR) is 108 cm³/mol. The van der Waals surface area contributed by atoms with Gasteiger partial charge in [-0.2, -0.15) is 0 Å². The first-order valence-corrected chi connectivity index (χ1v) is 8.84. The summed E-state index contributed by atoms with van der Waals surface area (Å²) in [5.41, 5.74) is 3.14. The molecule has 0 radical (unpaired) electrons. The van der Waals surface area contributed by atoms with Gasteiger partial charge in [-0.1, -0.05) is 42.5 Å². The molecule has 0 aliphatic heterocycles. The van der Waals surface area contributed by atoms with Gasteiger partial charge in [-0.25, -0.2) is 4.79 Å². The summed E-state index contributed by atoms with van der Waals surface area (Å²) in [5.74, 6) is -0.114. The van der Waals surface area contributed by atoms with Gasteiger partial charge in [0.1, 0.15) is 12.4 Å². The molecule has 0 aromatic heterocycles. The van der Waals surface area contributed by atoms with Crippen molar-refractivity contribution in [3.8, 4) is 5.75 Å². The van der Waals surface area contributed by atoms with Crippen LogP contribution in [-0.2, 0) is 11.3 Å². The smallest absolute Gasteiger partial charge is 0.338 e. The summed E-state index contributed by atoms with van der Waals surface area (Å²) >= 11 is 0. The number of esters is 1. The van der Waals surface area contributed by atoms with Crippen molar-refractivity contribution in [1.82, 2.24) is 0 Å². The Bertz CT molecular complexity index is 983. The van der Waals surface area contributed by atoms with E-state index >= 15 is 0 Å². The van der Waals surface area contributed by atoms with Gasteiger partial charge in [-0.3, -0.25) is 4.79 Å². The van der Waals surface area contributed by atoms with Crippen molar-refractivity contribution in [3.05, 3.63) is 95.1 Å². The first-order valence-electron chi connectivity index (χ1n) is 8.84. The van der Waals surface area contributed by atoms with E-state index in [0.717, 1.165) is 5.56 Å². The van der Waals surface area contributed by atoms with Crippen LogP contribution in [0.15, 0.2) is 72.8 Å².